The van der Waals surface area contributed by atoms with E-state index in [4.69, 9.17) is 9.72 Å². The number of piperazine rings is 1. The summed E-state index contributed by atoms with van der Waals surface area (Å²) in [6.45, 7) is 7.10. The van der Waals surface area contributed by atoms with E-state index in [9.17, 15) is 4.79 Å². The first-order chi connectivity index (χ1) is 14.6. The normalized spacial score (nSPS) is 17.2. The fourth-order valence-electron chi connectivity index (χ4n) is 4.15. The van der Waals surface area contributed by atoms with Crippen LogP contribution in [0, 0.1) is 6.92 Å². The van der Waals surface area contributed by atoms with Gasteiger partial charge in [-0.15, -0.1) is 0 Å². The van der Waals surface area contributed by atoms with Gasteiger partial charge in [-0.1, -0.05) is 12.1 Å². The third-order valence-corrected chi connectivity index (χ3v) is 5.94. The highest BCUT2D eigenvalue weighted by atomic mass is 16.5. The monoisotopic (exact) mass is 409 g/mol. The van der Waals surface area contributed by atoms with Crippen LogP contribution in [0.15, 0.2) is 30.3 Å². The van der Waals surface area contributed by atoms with Crippen LogP contribution in [0.3, 0.4) is 0 Å². The van der Waals surface area contributed by atoms with Crippen molar-refractivity contribution >= 4 is 17.7 Å². The molecule has 1 aromatic heterocycles. The Labute approximate surface area is 178 Å². The zero-order valence-corrected chi connectivity index (χ0v) is 18.0. The number of aryl methyl sites for hydroxylation is 1. The number of carbonyl (C=O) groups excluding carboxylic acids is 1. The van der Waals surface area contributed by atoms with Gasteiger partial charge in [0.25, 0.3) is 0 Å². The topological polar surface area (TPSA) is 61.8 Å². The molecular weight excluding hydrogens is 378 g/mol. The van der Waals surface area contributed by atoms with Crippen LogP contribution in [0.4, 0.5) is 11.8 Å². The van der Waals surface area contributed by atoms with Crippen molar-refractivity contribution in [1.82, 2.24) is 14.9 Å². The van der Waals surface area contributed by atoms with Crippen LogP contribution >= 0.6 is 0 Å². The van der Waals surface area contributed by atoms with Crippen LogP contribution < -0.4 is 14.5 Å². The molecule has 2 fully saturated rings. The Balaban J connectivity index is 1.35. The lowest BCUT2D eigenvalue weighted by atomic mass is 10.1. The summed E-state index contributed by atoms with van der Waals surface area (Å²) in [5.74, 6) is 2.80. The lowest BCUT2D eigenvalue weighted by Crippen LogP contribution is -2.49. The van der Waals surface area contributed by atoms with Gasteiger partial charge in [0.15, 0.2) is 0 Å². The number of hydrogen-bond donors (Lipinski definition) is 0. The number of amides is 1. The molecule has 7 heteroatoms. The minimum Gasteiger partial charge on any atom is -0.497 e. The van der Waals surface area contributed by atoms with Crippen LogP contribution in [-0.2, 0) is 11.2 Å². The maximum Gasteiger partial charge on any atom is 0.227 e. The van der Waals surface area contributed by atoms with E-state index >= 15 is 0 Å². The molecule has 2 aromatic rings. The Hall–Kier alpha value is -2.83. The van der Waals surface area contributed by atoms with Gasteiger partial charge in [-0.25, -0.2) is 4.98 Å². The van der Waals surface area contributed by atoms with Crippen molar-refractivity contribution in [3.63, 3.8) is 0 Å². The SMILES string of the molecule is COc1ccc(CC(=O)N2CCN(c3nc(C)cc(N4CCCCC4)n3)CC2)cc1. The third kappa shape index (κ3) is 4.83. The molecule has 0 spiro atoms. The number of carbonyl (C=O) groups is 1. The molecule has 0 unspecified atom stereocenters. The summed E-state index contributed by atoms with van der Waals surface area (Å²) in [5.41, 5.74) is 2.01. The number of nitrogens with zero attached hydrogens (tertiary/aromatic N) is 5. The van der Waals surface area contributed by atoms with E-state index in [0.717, 1.165) is 55.0 Å². The molecule has 4 rings (SSSR count). The second-order valence-electron chi connectivity index (χ2n) is 8.11. The predicted molar refractivity (Wildman–Crippen MR) is 118 cm³/mol. The Morgan fingerprint density at radius 2 is 1.63 bits per heavy atom. The minimum absolute atomic E-state index is 0.166. The quantitative estimate of drug-likeness (QED) is 0.757. The van der Waals surface area contributed by atoms with E-state index in [0.29, 0.717) is 19.5 Å². The average molecular weight is 410 g/mol. The van der Waals surface area contributed by atoms with Crippen LogP contribution in [0.2, 0.25) is 0 Å². The van der Waals surface area contributed by atoms with E-state index in [-0.39, 0.29) is 5.91 Å². The Kier molecular flexibility index (Phi) is 6.35. The van der Waals surface area contributed by atoms with Crippen LogP contribution in [0.5, 0.6) is 5.75 Å². The smallest absolute Gasteiger partial charge is 0.227 e. The van der Waals surface area contributed by atoms with Gasteiger partial charge in [-0.05, 0) is 43.9 Å². The highest BCUT2D eigenvalue weighted by Gasteiger charge is 2.24. The van der Waals surface area contributed by atoms with Crippen molar-refractivity contribution in [2.24, 2.45) is 0 Å². The molecule has 0 saturated carbocycles. The molecule has 1 amide bonds. The van der Waals surface area contributed by atoms with Crippen molar-refractivity contribution < 1.29 is 9.53 Å². The second-order valence-corrected chi connectivity index (χ2v) is 8.11. The largest absolute Gasteiger partial charge is 0.497 e. The molecule has 0 radical (unpaired) electrons. The van der Waals surface area contributed by atoms with Gasteiger partial charge in [-0.3, -0.25) is 4.79 Å². The van der Waals surface area contributed by atoms with Crippen molar-refractivity contribution in [3.05, 3.63) is 41.6 Å². The summed E-state index contributed by atoms with van der Waals surface area (Å²) in [6.07, 6.45) is 4.19. The average Bonchev–Trinajstić information content (AvgIpc) is 2.80. The predicted octanol–water partition coefficient (Wildman–Crippen LogP) is 2.68. The highest BCUT2D eigenvalue weighted by molar-refractivity contribution is 5.79. The van der Waals surface area contributed by atoms with Crippen molar-refractivity contribution in [3.8, 4) is 5.75 Å². The first-order valence-corrected chi connectivity index (χ1v) is 10.9. The number of piperidine rings is 1. The lowest BCUT2D eigenvalue weighted by Gasteiger charge is -2.35. The molecule has 0 aliphatic carbocycles. The number of benzene rings is 1. The molecule has 160 valence electrons. The number of anilines is 2. The first-order valence-electron chi connectivity index (χ1n) is 10.9. The Morgan fingerprint density at radius 1 is 0.933 bits per heavy atom. The molecule has 2 aliphatic rings. The van der Waals surface area contributed by atoms with Crippen LogP contribution in [-0.4, -0.2) is 67.2 Å². The maximum atomic E-state index is 12.7. The fraction of sp³-hybridized carbons (Fsp3) is 0.522. The van der Waals surface area contributed by atoms with Crippen molar-refractivity contribution in [2.75, 3.05) is 56.2 Å². The Bertz CT molecular complexity index is 856. The number of ether oxygens (including phenoxy) is 1. The van der Waals surface area contributed by atoms with Crippen LogP contribution in [0.1, 0.15) is 30.5 Å². The summed E-state index contributed by atoms with van der Waals surface area (Å²) in [6, 6.07) is 9.79. The second kappa shape index (κ2) is 9.32. The summed E-state index contributed by atoms with van der Waals surface area (Å²) in [5, 5.41) is 0. The standard InChI is InChI=1S/C23H31N5O2/c1-18-16-21(26-10-4-3-5-11-26)25-23(24-18)28-14-12-27(13-15-28)22(29)17-19-6-8-20(30-2)9-7-19/h6-9,16H,3-5,10-15,17H2,1-2H3. The van der Waals surface area contributed by atoms with Crippen molar-refractivity contribution in [2.45, 2.75) is 32.6 Å². The molecule has 2 saturated heterocycles. The van der Waals surface area contributed by atoms with E-state index < -0.39 is 0 Å². The zero-order chi connectivity index (χ0) is 20.9. The number of hydrogen-bond acceptors (Lipinski definition) is 6. The number of aromatic nitrogens is 2. The van der Waals surface area contributed by atoms with Crippen LogP contribution in [0.25, 0.3) is 0 Å². The summed E-state index contributed by atoms with van der Waals surface area (Å²) in [7, 11) is 1.65. The van der Waals surface area contributed by atoms with Gasteiger partial charge >= 0.3 is 0 Å². The minimum atomic E-state index is 0.166. The maximum absolute atomic E-state index is 12.7. The molecule has 7 nitrogen and oxygen atoms in total. The Morgan fingerprint density at radius 3 is 2.30 bits per heavy atom. The molecule has 30 heavy (non-hydrogen) atoms. The first kappa shape index (κ1) is 20.4. The molecule has 0 N–H and O–H groups in total. The van der Waals surface area contributed by atoms with Gasteiger partial charge < -0.3 is 19.4 Å². The number of methoxy groups -OCH3 is 1. The number of rotatable bonds is 5. The molecule has 0 bridgehead atoms. The zero-order valence-electron chi connectivity index (χ0n) is 18.0. The van der Waals surface area contributed by atoms with E-state index in [1.54, 1.807) is 7.11 Å². The van der Waals surface area contributed by atoms with Crippen molar-refractivity contribution in [1.29, 1.82) is 0 Å². The van der Waals surface area contributed by atoms with E-state index in [1.165, 1.54) is 19.3 Å². The highest BCUT2D eigenvalue weighted by Crippen LogP contribution is 2.22. The molecule has 2 aliphatic heterocycles. The van der Waals surface area contributed by atoms with Gasteiger partial charge in [0.1, 0.15) is 11.6 Å². The summed E-state index contributed by atoms with van der Waals surface area (Å²) >= 11 is 0. The molecule has 3 heterocycles. The third-order valence-electron chi connectivity index (χ3n) is 5.94. The van der Waals surface area contributed by atoms with Gasteiger partial charge in [0, 0.05) is 51.0 Å². The summed E-state index contributed by atoms with van der Waals surface area (Å²) < 4.78 is 5.18. The van der Waals surface area contributed by atoms with E-state index in [1.807, 2.05) is 36.1 Å². The van der Waals surface area contributed by atoms with Gasteiger partial charge in [0.05, 0.1) is 13.5 Å². The summed E-state index contributed by atoms with van der Waals surface area (Å²) in [4.78, 5) is 28.8. The van der Waals surface area contributed by atoms with Gasteiger partial charge in [0.2, 0.25) is 11.9 Å². The molecular formula is C23H31N5O2. The lowest BCUT2D eigenvalue weighted by molar-refractivity contribution is -0.130. The van der Waals surface area contributed by atoms with Gasteiger partial charge in [-0.2, -0.15) is 4.98 Å². The fourth-order valence-corrected chi connectivity index (χ4v) is 4.15. The molecule has 0 atom stereocenters. The molecule has 1 aromatic carbocycles. The van der Waals surface area contributed by atoms with E-state index in [2.05, 4.69) is 20.9 Å².